The highest BCUT2D eigenvalue weighted by atomic mass is 16.3. The van der Waals surface area contributed by atoms with Gasteiger partial charge in [-0.15, -0.1) is 0 Å². The zero-order valence-electron chi connectivity index (χ0n) is 11.6. The van der Waals surface area contributed by atoms with Crippen LogP contribution in [0.25, 0.3) is 10.8 Å². The summed E-state index contributed by atoms with van der Waals surface area (Å²) in [6, 6.07) is 7.30. The van der Waals surface area contributed by atoms with Gasteiger partial charge in [0.25, 0.3) is 0 Å². The summed E-state index contributed by atoms with van der Waals surface area (Å²) in [7, 11) is 0. The minimum Gasteiger partial charge on any atom is -0.508 e. The molecule has 0 fully saturated rings. The molecule has 2 rings (SSSR count). The number of phenolic OH excluding ortho intramolecular Hbond substituents is 1. The molecular formula is C15H21N3O. The Kier molecular flexibility index (Phi) is 4.58. The van der Waals surface area contributed by atoms with E-state index in [0.29, 0.717) is 0 Å². The first-order chi connectivity index (χ1) is 9.24. The summed E-state index contributed by atoms with van der Waals surface area (Å²) in [5.74, 6) is 1.10. The molecular weight excluding hydrogens is 238 g/mol. The fraction of sp³-hybridized carbons (Fsp3) is 0.400. The molecule has 2 N–H and O–H groups in total. The van der Waals surface area contributed by atoms with Gasteiger partial charge in [-0.3, -0.25) is 0 Å². The molecule has 19 heavy (non-hydrogen) atoms. The quantitative estimate of drug-likeness (QED) is 0.837. The van der Waals surface area contributed by atoms with Crippen LogP contribution in [0.2, 0.25) is 0 Å². The number of aromatic hydroxyl groups is 1. The van der Waals surface area contributed by atoms with Gasteiger partial charge in [-0.1, -0.05) is 19.9 Å². The number of nitrogens with one attached hydrogen (secondary N) is 1. The maximum absolute atomic E-state index is 9.58. The summed E-state index contributed by atoms with van der Waals surface area (Å²) < 4.78 is 0. The summed E-state index contributed by atoms with van der Waals surface area (Å²) in [6.45, 7) is 8.28. The van der Waals surface area contributed by atoms with Crippen molar-refractivity contribution < 1.29 is 5.11 Å². The molecule has 102 valence electrons. The molecule has 2 aromatic rings. The Bertz CT molecular complexity index is 538. The third-order valence-electron chi connectivity index (χ3n) is 3.36. The molecule has 4 nitrogen and oxygen atoms in total. The SMILES string of the molecule is CCN(CC)CCNc1nccc2ccc(O)cc12. The lowest BCUT2D eigenvalue weighted by molar-refractivity contribution is 0.316. The van der Waals surface area contributed by atoms with Crippen molar-refractivity contribution in [1.82, 2.24) is 9.88 Å². The highest BCUT2D eigenvalue weighted by molar-refractivity contribution is 5.92. The number of fused-ring (bicyclic) bond motifs is 1. The Hall–Kier alpha value is -1.81. The maximum atomic E-state index is 9.58. The first-order valence-corrected chi connectivity index (χ1v) is 6.78. The van der Waals surface area contributed by atoms with Crippen molar-refractivity contribution in [2.75, 3.05) is 31.5 Å². The summed E-state index contributed by atoms with van der Waals surface area (Å²) in [5.41, 5.74) is 0. The van der Waals surface area contributed by atoms with E-state index in [9.17, 15) is 5.11 Å². The van der Waals surface area contributed by atoms with Gasteiger partial charge >= 0.3 is 0 Å². The minimum atomic E-state index is 0.271. The van der Waals surface area contributed by atoms with E-state index in [1.54, 1.807) is 18.3 Å². The summed E-state index contributed by atoms with van der Waals surface area (Å²) in [4.78, 5) is 6.71. The fourth-order valence-electron chi connectivity index (χ4n) is 2.17. The van der Waals surface area contributed by atoms with Crippen LogP contribution in [0, 0.1) is 0 Å². The van der Waals surface area contributed by atoms with Gasteiger partial charge in [0, 0.05) is 24.7 Å². The second-order valence-electron chi connectivity index (χ2n) is 4.52. The van der Waals surface area contributed by atoms with E-state index in [2.05, 4.69) is 29.0 Å². The normalized spacial score (nSPS) is 11.1. The lowest BCUT2D eigenvalue weighted by Gasteiger charge is -2.18. The van der Waals surface area contributed by atoms with E-state index in [-0.39, 0.29) is 5.75 Å². The number of pyridine rings is 1. The van der Waals surface area contributed by atoms with E-state index in [1.165, 1.54) is 0 Å². The van der Waals surface area contributed by atoms with Gasteiger partial charge in [0.15, 0.2) is 0 Å². The van der Waals surface area contributed by atoms with Gasteiger partial charge in [0.1, 0.15) is 11.6 Å². The average Bonchev–Trinajstić information content (AvgIpc) is 2.44. The summed E-state index contributed by atoms with van der Waals surface area (Å²) in [6.07, 6.45) is 1.79. The Morgan fingerprint density at radius 2 is 2.00 bits per heavy atom. The zero-order valence-corrected chi connectivity index (χ0v) is 11.6. The number of benzene rings is 1. The van der Waals surface area contributed by atoms with Crippen LogP contribution in [-0.4, -0.2) is 41.2 Å². The molecule has 0 radical (unpaired) electrons. The number of likely N-dealkylation sites (N-methyl/N-ethyl adjacent to an activating group) is 1. The lowest BCUT2D eigenvalue weighted by atomic mass is 10.1. The molecule has 0 aliphatic carbocycles. The first-order valence-electron chi connectivity index (χ1n) is 6.78. The Balaban J connectivity index is 2.10. The number of aromatic nitrogens is 1. The molecule has 1 aromatic heterocycles. The van der Waals surface area contributed by atoms with Crippen molar-refractivity contribution in [3.63, 3.8) is 0 Å². The van der Waals surface area contributed by atoms with Crippen molar-refractivity contribution in [1.29, 1.82) is 0 Å². The predicted molar refractivity (Wildman–Crippen MR) is 79.7 cm³/mol. The summed E-state index contributed by atoms with van der Waals surface area (Å²) >= 11 is 0. The fourth-order valence-corrected chi connectivity index (χ4v) is 2.17. The van der Waals surface area contributed by atoms with Crippen LogP contribution in [0.4, 0.5) is 5.82 Å². The average molecular weight is 259 g/mol. The van der Waals surface area contributed by atoms with Gasteiger partial charge in [-0.2, -0.15) is 0 Å². The number of phenols is 1. The molecule has 0 amide bonds. The third-order valence-corrected chi connectivity index (χ3v) is 3.36. The smallest absolute Gasteiger partial charge is 0.133 e. The van der Waals surface area contributed by atoms with E-state index in [0.717, 1.165) is 42.8 Å². The molecule has 4 heteroatoms. The van der Waals surface area contributed by atoms with Crippen molar-refractivity contribution in [3.05, 3.63) is 30.5 Å². The highest BCUT2D eigenvalue weighted by Crippen LogP contribution is 2.24. The van der Waals surface area contributed by atoms with E-state index in [4.69, 9.17) is 0 Å². The first kappa shape index (κ1) is 13.6. The van der Waals surface area contributed by atoms with Gasteiger partial charge < -0.3 is 15.3 Å². The molecule has 0 saturated heterocycles. The van der Waals surface area contributed by atoms with Crippen molar-refractivity contribution in [3.8, 4) is 5.75 Å². The van der Waals surface area contributed by atoms with E-state index < -0.39 is 0 Å². The molecule has 0 bridgehead atoms. The Morgan fingerprint density at radius 1 is 1.21 bits per heavy atom. The number of rotatable bonds is 6. The lowest BCUT2D eigenvalue weighted by Crippen LogP contribution is -2.28. The second-order valence-corrected chi connectivity index (χ2v) is 4.52. The molecule has 0 spiro atoms. The minimum absolute atomic E-state index is 0.271. The third kappa shape index (κ3) is 3.35. The zero-order chi connectivity index (χ0) is 13.7. The van der Waals surface area contributed by atoms with Crippen LogP contribution in [0.3, 0.4) is 0 Å². The monoisotopic (exact) mass is 259 g/mol. The second kappa shape index (κ2) is 6.38. The molecule has 1 aromatic carbocycles. The Labute approximate surface area is 114 Å². The molecule has 0 aliphatic heterocycles. The Morgan fingerprint density at radius 3 is 2.74 bits per heavy atom. The molecule has 0 saturated carbocycles. The van der Waals surface area contributed by atoms with Crippen LogP contribution in [0.1, 0.15) is 13.8 Å². The van der Waals surface area contributed by atoms with Gasteiger partial charge in [0.2, 0.25) is 0 Å². The topological polar surface area (TPSA) is 48.4 Å². The van der Waals surface area contributed by atoms with Crippen LogP contribution >= 0.6 is 0 Å². The van der Waals surface area contributed by atoms with Crippen LogP contribution in [-0.2, 0) is 0 Å². The van der Waals surface area contributed by atoms with E-state index >= 15 is 0 Å². The number of nitrogens with zero attached hydrogens (tertiary/aromatic N) is 2. The largest absolute Gasteiger partial charge is 0.508 e. The van der Waals surface area contributed by atoms with Gasteiger partial charge in [-0.25, -0.2) is 4.98 Å². The predicted octanol–water partition coefficient (Wildman–Crippen LogP) is 2.69. The standard InChI is InChI=1S/C15H21N3O/c1-3-18(4-2)10-9-17-15-14-11-13(19)6-5-12(14)7-8-16-15/h5-8,11,19H,3-4,9-10H2,1-2H3,(H,16,17). The maximum Gasteiger partial charge on any atom is 0.133 e. The molecule has 0 unspecified atom stereocenters. The van der Waals surface area contributed by atoms with Crippen LogP contribution in [0.5, 0.6) is 5.75 Å². The number of anilines is 1. The number of hydrogen-bond acceptors (Lipinski definition) is 4. The van der Waals surface area contributed by atoms with E-state index in [1.807, 2.05) is 12.1 Å². The van der Waals surface area contributed by atoms with Crippen LogP contribution in [0.15, 0.2) is 30.5 Å². The van der Waals surface area contributed by atoms with Gasteiger partial charge in [0.05, 0.1) is 0 Å². The van der Waals surface area contributed by atoms with Crippen molar-refractivity contribution in [2.45, 2.75) is 13.8 Å². The molecule has 0 aliphatic rings. The van der Waals surface area contributed by atoms with Gasteiger partial charge in [-0.05, 0) is 36.7 Å². The van der Waals surface area contributed by atoms with Crippen molar-refractivity contribution in [2.24, 2.45) is 0 Å². The summed E-state index contributed by atoms with van der Waals surface area (Å²) in [5, 5.41) is 15.0. The molecule has 1 heterocycles. The van der Waals surface area contributed by atoms with Crippen LogP contribution < -0.4 is 5.32 Å². The number of hydrogen-bond donors (Lipinski definition) is 2. The highest BCUT2D eigenvalue weighted by Gasteiger charge is 2.04. The molecule has 0 atom stereocenters. The van der Waals surface area contributed by atoms with Crippen molar-refractivity contribution >= 4 is 16.6 Å².